The van der Waals surface area contributed by atoms with E-state index < -0.39 is 10.0 Å². The smallest absolute Gasteiger partial charge is 0.243 e. The van der Waals surface area contributed by atoms with Crippen molar-refractivity contribution in [2.75, 3.05) is 0 Å². The summed E-state index contributed by atoms with van der Waals surface area (Å²) in [5.74, 6) is 1.20. The maximum atomic E-state index is 12.6. The Morgan fingerprint density at radius 2 is 2.11 bits per heavy atom. The molecule has 28 heavy (non-hydrogen) atoms. The molecule has 4 heterocycles. The summed E-state index contributed by atoms with van der Waals surface area (Å²) in [6.07, 6.45) is 7.79. The minimum atomic E-state index is -3.60. The summed E-state index contributed by atoms with van der Waals surface area (Å²) in [5, 5.41) is 12.6. The van der Waals surface area contributed by atoms with Crippen molar-refractivity contribution in [3.05, 3.63) is 36.7 Å². The maximum Gasteiger partial charge on any atom is 0.243 e. The Kier molecular flexibility index (Phi) is 3.78. The minimum absolute atomic E-state index is 0.0945. The van der Waals surface area contributed by atoms with Crippen LogP contribution in [0.15, 0.2) is 35.7 Å². The van der Waals surface area contributed by atoms with Gasteiger partial charge in [-0.2, -0.15) is 5.10 Å². The molecule has 0 aromatic carbocycles. The molecule has 0 radical (unpaired) electrons. The molecule has 0 bridgehead atoms. The number of rotatable bonds is 4. The molecule has 1 fully saturated rings. The van der Waals surface area contributed by atoms with Crippen molar-refractivity contribution in [1.82, 2.24) is 39.1 Å². The number of nitrogens with one attached hydrogen (secondary N) is 2. The summed E-state index contributed by atoms with van der Waals surface area (Å²) in [5.41, 5.74) is 2.38. The molecule has 5 rings (SSSR count). The summed E-state index contributed by atoms with van der Waals surface area (Å²) < 4.78 is 31.6. The molecular weight excluding hydrogens is 380 g/mol. The molecule has 4 aromatic heterocycles. The fourth-order valence-electron chi connectivity index (χ4n) is 4.17. The monoisotopic (exact) mass is 400 g/mol. The number of aromatic nitrogens is 7. The summed E-state index contributed by atoms with van der Waals surface area (Å²) in [7, 11) is -1.90. The van der Waals surface area contributed by atoms with E-state index >= 15 is 0 Å². The van der Waals surface area contributed by atoms with Crippen LogP contribution < -0.4 is 4.72 Å². The first-order valence-corrected chi connectivity index (χ1v) is 10.6. The average Bonchev–Trinajstić information content (AvgIpc) is 3.39. The Morgan fingerprint density at radius 1 is 1.25 bits per heavy atom. The molecule has 1 aliphatic rings. The molecule has 2 unspecified atom stereocenters. The summed E-state index contributed by atoms with van der Waals surface area (Å²) in [6.45, 7) is 2.12. The predicted molar refractivity (Wildman–Crippen MR) is 101 cm³/mol. The van der Waals surface area contributed by atoms with E-state index in [9.17, 15) is 8.42 Å². The lowest BCUT2D eigenvalue weighted by molar-refractivity contribution is 0.505. The molecular formula is C17H20N8O2S. The van der Waals surface area contributed by atoms with Crippen LogP contribution >= 0.6 is 0 Å². The highest BCUT2D eigenvalue weighted by atomic mass is 32.2. The number of aryl methyl sites for hydroxylation is 1. The SMILES string of the molecule is C[C@@H]1CC(NS(=O)(=O)c2cnn(C)c2)CC1c1nnc2cnc3[nH]ccc3n12. The summed E-state index contributed by atoms with van der Waals surface area (Å²) in [4.78, 5) is 7.63. The van der Waals surface area contributed by atoms with E-state index in [1.807, 2.05) is 16.7 Å². The topological polar surface area (TPSA) is 123 Å². The lowest BCUT2D eigenvalue weighted by Gasteiger charge is -2.13. The van der Waals surface area contributed by atoms with Crippen LogP contribution in [0.25, 0.3) is 16.8 Å². The van der Waals surface area contributed by atoms with Gasteiger partial charge in [-0.25, -0.2) is 18.1 Å². The Balaban J connectivity index is 1.45. The third-order valence-electron chi connectivity index (χ3n) is 5.49. The van der Waals surface area contributed by atoms with Gasteiger partial charge in [0, 0.05) is 31.4 Å². The van der Waals surface area contributed by atoms with E-state index in [1.165, 1.54) is 17.1 Å². The van der Waals surface area contributed by atoms with Gasteiger partial charge in [0.1, 0.15) is 10.7 Å². The molecule has 3 atom stereocenters. The van der Waals surface area contributed by atoms with Gasteiger partial charge >= 0.3 is 0 Å². The van der Waals surface area contributed by atoms with Crippen LogP contribution in [-0.2, 0) is 17.1 Å². The Hall–Kier alpha value is -2.79. The van der Waals surface area contributed by atoms with Crippen LogP contribution in [0.3, 0.4) is 0 Å². The van der Waals surface area contributed by atoms with Gasteiger partial charge < -0.3 is 4.98 Å². The summed E-state index contributed by atoms with van der Waals surface area (Å²) in [6, 6.07) is 1.78. The molecule has 146 valence electrons. The lowest BCUT2D eigenvalue weighted by Crippen LogP contribution is -2.33. The van der Waals surface area contributed by atoms with E-state index in [-0.39, 0.29) is 22.8 Å². The average molecular weight is 400 g/mol. The highest BCUT2D eigenvalue weighted by Gasteiger charge is 2.37. The number of sulfonamides is 1. The molecule has 1 aliphatic carbocycles. The largest absolute Gasteiger partial charge is 0.345 e. The molecule has 0 spiro atoms. The van der Waals surface area contributed by atoms with Crippen LogP contribution in [0.2, 0.25) is 0 Å². The van der Waals surface area contributed by atoms with Gasteiger partial charge in [-0.05, 0) is 24.8 Å². The zero-order chi connectivity index (χ0) is 19.5. The van der Waals surface area contributed by atoms with Crippen LogP contribution in [0.4, 0.5) is 0 Å². The molecule has 0 saturated heterocycles. The third-order valence-corrected chi connectivity index (χ3v) is 6.97. The zero-order valence-corrected chi connectivity index (χ0v) is 16.3. The number of nitrogens with zero attached hydrogens (tertiary/aromatic N) is 6. The number of H-pyrrole nitrogens is 1. The van der Waals surface area contributed by atoms with E-state index in [0.717, 1.165) is 23.4 Å². The summed E-state index contributed by atoms with van der Waals surface area (Å²) >= 11 is 0. The number of hydrogen-bond donors (Lipinski definition) is 2. The standard InChI is InChI=1S/C17H20N8O2S/c1-10-5-11(23-28(26,27)12-7-20-24(2)9-12)6-13(10)17-22-21-15-8-19-16-14(25(15)17)3-4-18-16/h3-4,7-11,13,18,23H,5-6H2,1-2H3/t10-,11?,13?/m1/s1. The highest BCUT2D eigenvalue weighted by Crippen LogP contribution is 2.39. The van der Waals surface area contributed by atoms with Crippen molar-refractivity contribution in [2.24, 2.45) is 13.0 Å². The van der Waals surface area contributed by atoms with Gasteiger partial charge in [-0.1, -0.05) is 6.92 Å². The Morgan fingerprint density at radius 3 is 2.89 bits per heavy atom. The molecule has 0 amide bonds. The molecule has 10 nitrogen and oxygen atoms in total. The van der Waals surface area contributed by atoms with Gasteiger partial charge in [-0.3, -0.25) is 9.08 Å². The second-order valence-electron chi connectivity index (χ2n) is 7.44. The van der Waals surface area contributed by atoms with Gasteiger partial charge in [0.15, 0.2) is 11.3 Å². The fraction of sp³-hybridized carbons (Fsp3) is 0.412. The zero-order valence-electron chi connectivity index (χ0n) is 15.4. The molecule has 11 heteroatoms. The van der Waals surface area contributed by atoms with Gasteiger partial charge in [0.25, 0.3) is 0 Å². The number of fused-ring (bicyclic) bond motifs is 3. The van der Waals surface area contributed by atoms with Crippen molar-refractivity contribution in [3.8, 4) is 0 Å². The molecule has 0 aliphatic heterocycles. The van der Waals surface area contributed by atoms with Crippen molar-refractivity contribution in [3.63, 3.8) is 0 Å². The number of hydrogen-bond acceptors (Lipinski definition) is 6. The van der Waals surface area contributed by atoms with Crippen molar-refractivity contribution in [2.45, 2.75) is 36.6 Å². The van der Waals surface area contributed by atoms with Crippen LogP contribution in [0.1, 0.15) is 31.5 Å². The van der Waals surface area contributed by atoms with Crippen molar-refractivity contribution >= 4 is 26.8 Å². The van der Waals surface area contributed by atoms with Crippen LogP contribution in [0, 0.1) is 5.92 Å². The molecule has 4 aromatic rings. The quantitative estimate of drug-likeness (QED) is 0.531. The van der Waals surface area contributed by atoms with Crippen LogP contribution in [0.5, 0.6) is 0 Å². The Bertz CT molecular complexity index is 1270. The third kappa shape index (κ3) is 2.69. The highest BCUT2D eigenvalue weighted by molar-refractivity contribution is 7.89. The van der Waals surface area contributed by atoms with Crippen LogP contribution in [-0.4, -0.2) is 48.8 Å². The van der Waals surface area contributed by atoms with Gasteiger partial charge in [0.05, 0.1) is 17.9 Å². The minimum Gasteiger partial charge on any atom is -0.345 e. The second kappa shape index (κ2) is 6.11. The van der Waals surface area contributed by atoms with E-state index in [4.69, 9.17) is 0 Å². The first kappa shape index (κ1) is 17.3. The normalized spacial score (nSPS) is 23.1. The van der Waals surface area contributed by atoms with E-state index in [2.05, 4.69) is 36.9 Å². The predicted octanol–water partition coefficient (Wildman–Crippen LogP) is 1.20. The maximum absolute atomic E-state index is 12.6. The van der Waals surface area contributed by atoms with Gasteiger partial charge in [-0.15, -0.1) is 10.2 Å². The first-order valence-electron chi connectivity index (χ1n) is 9.10. The Labute approximate surface area is 161 Å². The van der Waals surface area contributed by atoms with Crippen molar-refractivity contribution < 1.29 is 8.42 Å². The van der Waals surface area contributed by atoms with E-state index in [0.29, 0.717) is 12.1 Å². The van der Waals surface area contributed by atoms with Crippen molar-refractivity contribution in [1.29, 1.82) is 0 Å². The fourth-order valence-corrected chi connectivity index (χ4v) is 5.41. The van der Waals surface area contributed by atoms with E-state index in [1.54, 1.807) is 13.2 Å². The van der Waals surface area contributed by atoms with Gasteiger partial charge in [0.2, 0.25) is 10.0 Å². The molecule has 1 saturated carbocycles. The first-order chi connectivity index (χ1) is 13.4. The lowest BCUT2D eigenvalue weighted by atomic mass is 9.97. The molecule has 2 N–H and O–H groups in total. The second-order valence-corrected chi connectivity index (χ2v) is 9.16. The number of aromatic amines is 1.